The van der Waals surface area contributed by atoms with Crippen LogP contribution in [0.15, 0.2) is 102 Å². The van der Waals surface area contributed by atoms with Crippen molar-refractivity contribution < 1.29 is 22.7 Å². The van der Waals surface area contributed by atoms with Gasteiger partial charge in [-0.2, -0.15) is 0 Å². The molecule has 1 N–H and O–H groups in total. The lowest BCUT2D eigenvalue weighted by atomic mass is 10.0. The molecule has 242 valence electrons. The minimum Gasteiger partial charge on any atom is -0.497 e. The Kier molecular flexibility index (Phi) is 11.5. The second kappa shape index (κ2) is 15.3. The summed E-state index contributed by atoms with van der Waals surface area (Å²) in [5.41, 5.74) is 3.36. The number of nitrogens with zero attached hydrogens (tertiary/aromatic N) is 2. The smallest absolute Gasteiger partial charge is 0.264 e. The van der Waals surface area contributed by atoms with Crippen LogP contribution >= 0.6 is 11.6 Å². The molecular formula is C36H40ClN3O5S. The molecule has 0 fully saturated rings. The van der Waals surface area contributed by atoms with Crippen molar-refractivity contribution in [1.82, 2.24) is 10.2 Å². The number of methoxy groups -OCH3 is 1. The molecule has 2 amide bonds. The Morgan fingerprint density at radius 2 is 1.54 bits per heavy atom. The molecule has 4 rings (SSSR count). The summed E-state index contributed by atoms with van der Waals surface area (Å²) in [6, 6.07) is 26.8. The van der Waals surface area contributed by atoms with Crippen LogP contribution in [0.5, 0.6) is 5.75 Å². The Balaban J connectivity index is 1.84. The van der Waals surface area contributed by atoms with E-state index in [1.165, 1.54) is 17.0 Å². The fourth-order valence-electron chi connectivity index (χ4n) is 5.15. The molecule has 8 nitrogen and oxygen atoms in total. The first-order chi connectivity index (χ1) is 21.9. The molecule has 4 aromatic carbocycles. The van der Waals surface area contributed by atoms with Gasteiger partial charge < -0.3 is 15.0 Å². The Bertz CT molecular complexity index is 1760. The number of rotatable bonds is 13. The lowest BCUT2D eigenvalue weighted by molar-refractivity contribution is -0.140. The fourth-order valence-corrected chi connectivity index (χ4v) is 6.86. The zero-order valence-corrected chi connectivity index (χ0v) is 28.3. The Labute approximate surface area is 277 Å². The molecule has 0 aliphatic carbocycles. The second-order valence-corrected chi connectivity index (χ2v) is 13.8. The number of aryl methyl sites for hydroxylation is 2. The van der Waals surface area contributed by atoms with Crippen LogP contribution in [0.25, 0.3) is 0 Å². The van der Waals surface area contributed by atoms with Gasteiger partial charge >= 0.3 is 0 Å². The maximum Gasteiger partial charge on any atom is 0.264 e. The third kappa shape index (κ3) is 8.68. The molecule has 4 aromatic rings. The maximum atomic E-state index is 14.6. The quantitative estimate of drug-likeness (QED) is 0.181. The molecule has 0 radical (unpaired) electrons. The molecule has 0 saturated carbocycles. The lowest BCUT2D eigenvalue weighted by Crippen LogP contribution is -2.54. The standard InChI is InChI=1S/C36H40ClN3O5S/c1-25(2)38-36(42)34(22-28-10-7-6-8-11-28)39(23-29-12-9-13-31(21-29)45-5)35(41)24-40(33-19-16-30(37)20-27(33)4)46(43,44)32-17-14-26(3)15-18-32/h6-21,25,34H,22-24H2,1-5H3,(H,38,42)/t34-/m0/s1. The molecule has 0 heterocycles. The molecular weight excluding hydrogens is 622 g/mol. The van der Waals surface area contributed by atoms with Crippen molar-refractivity contribution in [3.63, 3.8) is 0 Å². The van der Waals surface area contributed by atoms with Crippen molar-refractivity contribution in [2.24, 2.45) is 0 Å². The summed E-state index contributed by atoms with van der Waals surface area (Å²) < 4.78 is 35.0. The number of hydrogen-bond donors (Lipinski definition) is 1. The van der Waals surface area contributed by atoms with Gasteiger partial charge in [0.15, 0.2) is 0 Å². The molecule has 0 unspecified atom stereocenters. The number of amides is 2. The monoisotopic (exact) mass is 661 g/mol. The van der Waals surface area contributed by atoms with Crippen LogP contribution in [0, 0.1) is 13.8 Å². The third-order valence-corrected chi connectivity index (χ3v) is 9.51. The molecule has 0 aliphatic rings. The number of anilines is 1. The molecule has 0 saturated heterocycles. The number of benzene rings is 4. The van der Waals surface area contributed by atoms with Gasteiger partial charge in [0, 0.05) is 24.0 Å². The van der Waals surface area contributed by atoms with Crippen LogP contribution in [0.4, 0.5) is 5.69 Å². The van der Waals surface area contributed by atoms with Gasteiger partial charge in [-0.05, 0) is 86.8 Å². The van der Waals surface area contributed by atoms with E-state index in [1.54, 1.807) is 56.5 Å². The average molecular weight is 662 g/mol. The number of ether oxygens (including phenoxy) is 1. The van der Waals surface area contributed by atoms with E-state index >= 15 is 0 Å². The minimum absolute atomic E-state index is 0.0388. The van der Waals surface area contributed by atoms with Crippen molar-refractivity contribution in [3.8, 4) is 5.75 Å². The van der Waals surface area contributed by atoms with Crippen LogP contribution in [0.1, 0.15) is 36.1 Å². The number of hydrogen-bond acceptors (Lipinski definition) is 5. The minimum atomic E-state index is -4.22. The zero-order chi connectivity index (χ0) is 33.4. The average Bonchev–Trinajstić information content (AvgIpc) is 3.02. The number of nitrogens with one attached hydrogen (secondary N) is 1. The summed E-state index contributed by atoms with van der Waals surface area (Å²) in [5, 5.41) is 3.40. The summed E-state index contributed by atoms with van der Waals surface area (Å²) in [7, 11) is -2.67. The van der Waals surface area contributed by atoms with Gasteiger partial charge in [0.2, 0.25) is 11.8 Å². The van der Waals surface area contributed by atoms with Crippen LogP contribution in [-0.2, 0) is 32.6 Å². The third-order valence-electron chi connectivity index (χ3n) is 7.50. The van der Waals surface area contributed by atoms with Crippen LogP contribution in [-0.4, -0.2) is 50.9 Å². The first kappa shape index (κ1) is 34.5. The molecule has 46 heavy (non-hydrogen) atoms. The Morgan fingerprint density at radius 3 is 2.17 bits per heavy atom. The van der Waals surface area contributed by atoms with Crippen molar-refractivity contribution in [2.45, 2.75) is 57.6 Å². The zero-order valence-electron chi connectivity index (χ0n) is 26.7. The van der Waals surface area contributed by atoms with Crippen molar-refractivity contribution in [1.29, 1.82) is 0 Å². The molecule has 10 heteroatoms. The predicted octanol–water partition coefficient (Wildman–Crippen LogP) is 6.33. The second-order valence-electron chi connectivity index (χ2n) is 11.5. The topological polar surface area (TPSA) is 96.0 Å². The largest absolute Gasteiger partial charge is 0.497 e. The highest BCUT2D eigenvalue weighted by Crippen LogP contribution is 2.30. The SMILES string of the molecule is COc1cccc(CN(C(=O)CN(c2ccc(Cl)cc2C)S(=O)(=O)c2ccc(C)cc2)[C@@H](Cc2ccccc2)C(=O)NC(C)C)c1. The molecule has 0 aliphatic heterocycles. The van der Waals surface area contributed by atoms with E-state index in [9.17, 15) is 18.0 Å². The number of sulfonamides is 1. The first-order valence-electron chi connectivity index (χ1n) is 15.0. The van der Waals surface area contributed by atoms with Gasteiger partial charge in [-0.3, -0.25) is 13.9 Å². The number of carbonyl (C=O) groups is 2. The summed E-state index contributed by atoms with van der Waals surface area (Å²) in [6.45, 7) is 6.80. The highest BCUT2D eigenvalue weighted by molar-refractivity contribution is 7.92. The van der Waals surface area contributed by atoms with E-state index in [4.69, 9.17) is 16.3 Å². The van der Waals surface area contributed by atoms with E-state index in [0.29, 0.717) is 22.0 Å². The van der Waals surface area contributed by atoms with Gasteiger partial charge in [-0.15, -0.1) is 0 Å². The van der Waals surface area contributed by atoms with E-state index in [1.807, 2.05) is 63.2 Å². The van der Waals surface area contributed by atoms with Crippen LogP contribution in [0.2, 0.25) is 5.02 Å². The van der Waals surface area contributed by atoms with Crippen molar-refractivity contribution in [2.75, 3.05) is 18.0 Å². The molecule has 0 bridgehead atoms. The number of halogens is 1. The number of carbonyl (C=O) groups excluding carboxylic acids is 2. The van der Waals surface area contributed by atoms with Gasteiger partial charge in [-0.25, -0.2) is 8.42 Å². The van der Waals surface area contributed by atoms with Gasteiger partial charge in [0.25, 0.3) is 10.0 Å². The van der Waals surface area contributed by atoms with Gasteiger partial charge in [-0.1, -0.05) is 71.8 Å². The van der Waals surface area contributed by atoms with Crippen LogP contribution in [0.3, 0.4) is 0 Å². The van der Waals surface area contributed by atoms with Crippen LogP contribution < -0.4 is 14.4 Å². The van der Waals surface area contributed by atoms with E-state index in [2.05, 4.69) is 5.32 Å². The highest BCUT2D eigenvalue weighted by Gasteiger charge is 2.35. The fraction of sp³-hybridized carbons (Fsp3) is 0.278. The van der Waals surface area contributed by atoms with Gasteiger partial charge in [0.1, 0.15) is 18.3 Å². The lowest BCUT2D eigenvalue weighted by Gasteiger charge is -2.34. The van der Waals surface area contributed by atoms with Crippen molar-refractivity contribution in [3.05, 3.63) is 124 Å². The molecule has 0 aromatic heterocycles. The summed E-state index contributed by atoms with van der Waals surface area (Å²) in [5.74, 6) is -0.296. The van der Waals surface area contributed by atoms with E-state index in [-0.39, 0.29) is 29.8 Å². The summed E-state index contributed by atoms with van der Waals surface area (Å²) in [4.78, 5) is 29.9. The maximum absolute atomic E-state index is 14.6. The summed E-state index contributed by atoms with van der Waals surface area (Å²) in [6.07, 6.45) is 0.222. The van der Waals surface area contributed by atoms with E-state index < -0.39 is 28.5 Å². The predicted molar refractivity (Wildman–Crippen MR) is 183 cm³/mol. The molecule has 0 spiro atoms. The van der Waals surface area contributed by atoms with Crippen molar-refractivity contribution >= 4 is 39.1 Å². The summed E-state index contributed by atoms with van der Waals surface area (Å²) >= 11 is 6.24. The first-order valence-corrected chi connectivity index (χ1v) is 16.8. The Morgan fingerprint density at radius 1 is 0.870 bits per heavy atom. The van der Waals surface area contributed by atoms with Gasteiger partial charge in [0.05, 0.1) is 17.7 Å². The molecule has 1 atom stereocenters. The highest BCUT2D eigenvalue weighted by atomic mass is 35.5. The van der Waals surface area contributed by atoms with E-state index in [0.717, 1.165) is 21.0 Å². The Hall–Kier alpha value is -4.34. The normalized spacial score (nSPS) is 12.0.